The molecule has 3 aromatic heterocycles. The van der Waals surface area contributed by atoms with Gasteiger partial charge in [-0.25, -0.2) is 15.0 Å². The lowest BCUT2D eigenvalue weighted by atomic mass is 9.93. The van der Waals surface area contributed by atoms with Gasteiger partial charge in [-0.15, -0.1) is 0 Å². The smallest absolute Gasteiger partial charge is 0.225 e. The van der Waals surface area contributed by atoms with Crippen molar-refractivity contribution >= 4 is 44.4 Å². The van der Waals surface area contributed by atoms with Crippen molar-refractivity contribution in [1.82, 2.24) is 19.9 Å². The number of thiazole rings is 1. The number of aromatic nitrogens is 4. The molecule has 0 atom stereocenters. The monoisotopic (exact) mass is 531 g/mol. The van der Waals surface area contributed by atoms with Gasteiger partial charge in [0.25, 0.3) is 0 Å². The SMILES string of the molecule is OC1CCN(c2ccc3nc(Nc4cc(Cc5ccccc5)nc(N[C@H]5CC[C@H](O)CC5)n4)sc3n2)CC1. The Hall–Kier alpha value is -3.34. The summed E-state index contributed by atoms with van der Waals surface area (Å²) in [7, 11) is 0. The Bertz CT molecular complexity index is 1370. The molecule has 1 saturated heterocycles. The zero-order valence-corrected chi connectivity index (χ0v) is 22.1. The van der Waals surface area contributed by atoms with Crippen LogP contribution in [0, 0.1) is 0 Å². The van der Waals surface area contributed by atoms with Crippen LogP contribution in [0.5, 0.6) is 0 Å². The molecule has 1 aromatic carbocycles. The first kappa shape index (κ1) is 25.0. The number of hydrogen-bond donors (Lipinski definition) is 4. The summed E-state index contributed by atoms with van der Waals surface area (Å²) in [4.78, 5) is 22.3. The molecule has 1 aliphatic heterocycles. The van der Waals surface area contributed by atoms with Crippen molar-refractivity contribution in [1.29, 1.82) is 0 Å². The zero-order valence-electron chi connectivity index (χ0n) is 21.3. The standard InChI is InChI=1S/C28H33N7O2S/c36-21-8-6-19(7-9-21)29-27-30-20(16-18-4-2-1-3-5-18)17-24(32-27)33-28-31-23-10-11-25(34-26(23)38-28)35-14-12-22(37)13-15-35/h1-5,10-11,17,19,21-22,36-37H,6-9,12-16H2,(H2,29,30,31,32,33)/t19-,21-. The molecule has 6 rings (SSSR count). The van der Waals surface area contributed by atoms with E-state index in [4.69, 9.17) is 19.9 Å². The molecule has 2 aliphatic rings. The maximum absolute atomic E-state index is 9.88. The molecule has 2 fully saturated rings. The van der Waals surface area contributed by atoms with Crippen LogP contribution in [0.1, 0.15) is 49.8 Å². The number of pyridine rings is 1. The Balaban J connectivity index is 1.23. The minimum absolute atomic E-state index is 0.203. The Kier molecular flexibility index (Phi) is 7.35. The van der Waals surface area contributed by atoms with Gasteiger partial charge in [0.05, 0.1) is 17.9 Å². The molecule has 0 unspecified atom stereocenters. The lowest BCUT2D eigenvalue weighted by Gasteiger charge is -2.30. The number of aliphatic hydroxyl groups is 2. The molecule has 0 bridgehead atoms. The summed E-state index contributed by atoms with van der Waals surface area (Å²) in [6.45, 7) is 1.62. The molecule has 38 heavy (non-hydrogen) atoms. The highest BCUT2D eigenvalue weighted by Crippen LogP contribution is 2.30. The molecular weight excluding hydrogens is 498 g/mol. The van der Waals surface area contributed by atoms with E-state index in [0.29, 0.717) is 18.2 Å². The summed E-state index contributed by atoms with van der Waals surface area (Å²) >= 11 is 1.50. The van der Waals surface area contributed by atoms with E-state index >= 15 is 0 Å². The first-order chi connectivity index (χ1) is 18.6. The number of piperidine rings is 1. The van der Waals surface area contributed by atoms with Crippen LogP contribution in [0.3, 0.4) is 0 Å². The molecule has 198 valence electrons. The van der Waals surface area contributed by atoms with Gasteiger partial charge in [-0.2, -0.15) is 4.98 Å². The first-order valence-corrected chi connectivity index (χ1v) is 14.2. The second-order valence-corrected chi connectivity index (χ2v) is 11.2. The van der Waals surface area contributed by atoms with Gasteiger partial charge in [0, 0.05) is 31.6 Å². The number of hydrogen-bond acceptors (Lipinski definition) is 10. The summed E-state index contributed by atoms with van der Waals surface area (Å²) < 4.78 is 0. The third-order valence-corrected chi connectivity index (χ3v) is 8.18. The zero-order chi connectivity index (χ0) is 25.9. The average molecular weight is 532 g/mol. The summed E-state index contributed by atoms with van der Waals surface area (Å²) in [6, 6.07) is 16.5. The van der Waals surface area contributed by atoms with Crippen LogP contribution in [-0.2, 0) is 6.42 Å². The molecule has 4 heterocycles. The van der Waals surface area contributed by atoms with Gasteiger partial charge < -0.3 is 25.7 Å². The number of rotatable bonds is 7. The third kappa shape index (κ3) is 6.03. The molecule has 9 nitrogen and oxygen atoms in total. The normalized spacial score (nSPS) is 20.5. The highest BCUT2D eigenvalue weighted by atomic mass is 32.1. The molecule has 10 heteroatoms. The van der Waals surface area contributed by atoms with Gasteiger partial charge >= 0.3 is 0 Å². The van der Waals surface area contributed by atoms with E-state index in [1.165, 1.54) is 16.9 Å². The summed E-state index contributed by atoms with van der Waals surface area (Å²) in [5.74, 6) is 2.21. The number of nitrogens with zero attached hydrogens (tertiary/aromatic N) is 5. The van der Waals surface area contributed by atoms with E-state index in [1.54, 1.807) is 0 Å². The maximum Gasteiger partial charge on any atom is 0.225 e. The average Bonchev–Trinajstić information content (AvgIpc) is 3.32. The Labute approximate surface area is 226 Å². The highest BCUT2D eigenvalue weighted by Gasteiger charge is 2.21. The molecule has 0 radical (unpaired) electrons. The van der Waals surface area contributed by atoms with Crippen LogP contribution in [0.4, 0.5) is 22.7 Å². The van der Waals surface area contributed by atoms with Crippen molar-refractivity contribution in [3.05, 3.63) is 59.8 Å². The predicted molar refractivity (Wildman–Crippen MR) is 151 cm³/mol. The maximum atomic E-state index is 9.88. The van der Waals surface area contributed by atoms with Gasteiger partial charge in [0.1, 0.15) is 22.0 Å². The third-order valence-electron chi connectivity index (χ3n) is 7.30. The van der Waals surface area contributed by atoms with E-state index in [2.05, 4.69) is 27.7 Å². The lowest BCUT2D eigenvalue weighted by molar-refractivity contribution is 0.126. The fourth-order valence-electron chi connectivity index (χ4n) is 5.17. The van der Waals surface area contributed by atoms with Crippen LogP contribution < -0.4 is 15.5 Å². The minimum Gasteiger partial charge on any atom is -0.393 e. The Morgan fingerprint density at radius 1 is 0.842 bits per heavy atom. The van der Waals surface area contributed by atoms with Gasteiger partial charge in [-0.3, -0.25) is 0 Å². The van der Waals surface area contributed by atoms with Gasteiger partial charge in [0.15, 0.2) is 5.13 Å². The molecule has 1 aliphatic carbocycles. The van der Waals surface area contributed by atoms with E-state index in [1.807, 2.05) is 36.4 Å². The number of anilines is 4. The van der Waals surface area contributed by atoms with Crippen molar-refractivity contribution < 1.29 is 10.2 Å². The minimum atomic E-state index is -0.210. The number of benzene rings is 1. The summed E-state index contributed by atoms with van der Waals surface area (Å²) in [5.41, 5.74) is 2.95. The number of fused-ring (bicyclic) bond motifs is 1. The van der Waals surface area contributed by atoms with Crippen molar-refractivity contribution in [2.24, 2.45) is 0 Å². The highest BCUT2D eigenvalue weighted by molar-refractivity contribution is 7.21. The van der Waals surface area contributed by atoms with Gasteiger partial charge in [-0.1, -0.05) is 41.7 Å². The van der Waals surface area contributed by atoms with E-state index in [-0.39, 0.29) is 18.2 Å². The summed E-state index contributed by atoms with van der Waals surface area (Å²) in [6.07, 6.45) is 5.22. The molecular formula is C28H33N7O2S. The van der Waals surface area contributed by atoms with Crippen molar-refractivity contribution in [2.45, 2.75) is 63.2 Å². The largest absolute Gasteiger partial charge is 0.393 e. The van der Waals surface area contributed by atoms with Crippen molar-refractivity contribution in [3.8, 4) is 0 Å². The van der Waals surface area contributed by atoms with Crippen LogP contribution >= 0.6 is 11.3 Å². The molecule has 0 amide bonds. The van der Waals surface area contributed by atoms with Crippen LogP contribution in [0.15, 0.2) is 48.5 Å². The Morgan fingerprint density at radius 2 is 1.61 bits per heavy atom. The van der Waals surface area contributed by atoms with Gasteiger partial charge in [0.2, 0.25) is 5.95 Å². The van der Waals surface area contributed by atoms with Crippen LogP contribution in [0.25, 0.3) is 10.3 Å². The second kappa shape index (κ2) is 11.2. The quantitative estimate of drug-likeness (QED) is 0.273. The fourth-order valence-corrected chi connectivity index (χ4v) is 6.01. The fraction of sp³-hybridized carbons (Fsp3) is 0.429. The summed E-state index contributed by atoms with van der Waals surface area (Å²) in [5, 5.41) is 27.3. The first-order valence-electron chi connectivity index (χ1n) is 13.4. The van der Waals surface area contributed by atoms with E-state index < -0.39 is 0 Å². The topological polar surface area (TPSA) is 119 Å². The predicted octanol–water partition coefficient (Wildman–Crippen LogP) is 4.49. The van der Waals surface area contributed by atoms with E-state index in [9.17, 15) is 10.2 Å². The van der Waals surface area contributed by atoms with Crippen molar-refractivity contribution in [2.75, 3.05) is 28.6 Å². The molecule has 4 N–H and O–H groups in total. The molecule has 4 aromatic rings. The van der Waals surface area contributed by atoms with Crippen molar-refractivity contribution in [3.63, 3.8) is 0 Å². The number of nitrogens with one attached hydrogen (secondary N) is 2. The Morgan fingerprint density at radius 3 is 2.39 bits per heavy atom. The molecule has 0 spiro atoms. The molecule has 1 saturated carbocycles. The van der Waals surface area contributed by atoms with Crippen LogP contribution in [0.2, 0.25) is 0 Å². The second-order valence-electron chi connectivity index (χ2n) is 10.2. The number of aliphatic hydroxyl groups excluding tert-OH is 2. The van der Waals surface area contributed by atoms with Gasteiger partial charge in [-0.05, 0) is 56.2 Å². The van der Waals surface area contributed by atoms with E-state index in [0.717, 1.165) is 78.6 Å². The van der Waals surface area contributed by atoms with Crippen LogP contribution in [-0.4, -0.2) is 61.5 Å². The lowest BCUT2D eigenvalue weighted by Crippen LogP contribution is -2.36.